The Morgan fingerprint density at radius 3 is 2.27 bits per heavy atom. The molecule has 0 aliphatic carbocycles. The largest absolute Gasteiger partial charge is 0.491 e. The lowest BCUT2D eigenvalue weighted by atomic mass is 10.2. The highest BCUT2D eigenvalue weighted by Crippen LogP contribution is 2.22. The Kier molecular flexibility index (Phi) is 8.11. The van der Waals surface area contributed by atoms with Gasteiger partial charge in [0.25, 0.3) is 0 Å². The molecular formula is C22H30N2O5S. The van der Waals surface area contributed by atoms with Crippen molar-refractivity contribution in [2.24, 2.45) is 0 Å². The molecule has 0 fully saturated rings. The molecule has 0 heterocycles. The van der Waals surface area contributed by atoms with E-state index in [2.05, 4.69) is 5.32 Å². The van der Waals surface area contributed by atoms with Gasteiger partial charge in [0.15, 0.2) is 0 Å². The van der Waals surface area contributed by atoms with Gasteiger partial charge in [0, 0.05) is 0 Å². The van der Waals surface area contributed by atoms with E-state index >= 15 is 0 Å². The van der Waals surface area contributed by atoms with Gasteiger partial charge in [-0.05, 0) is 63.6 Å². The number of anilines is 1. The number of carbonyl (C=O) groups excluding carboxylic acids is 1. The molecule has 0 aliphatic rings. The Morgan fingerprint density at radius 1 is 1.07 bits per heavy atom. The van der Waals surface area contributed by atoms with Gasteiger partial charge in [-0.3, -0.25) is 9.10 Å². The predicted molar refractivity (Wildman–Crippen MR) is 119 cm³/mol. The summed E-state index contributed by atoms with van der Waals surface area (Å²) in [6.07, 6.45) is 1.08. The minimum Gasteiger partial charge on any atom is -0.491 e. The van der Waals surface area contributed by atoms with Crippen molar-refractivity contribution >= 4 is 21.6 Å². The first-order valence-corrected chi connectivity index (χ1v) is 11.6. The van der Waals surface area contributed by atoms with Crippen molar-refractivity contribution in [3.05, 3.63) is 54.1 Å². The maximum atomic E-state index is 12.5. The van der Waals surface area contributed by atoms with E-state index in [1.807, 2.05) is 45.0 Å². The number of hydrogen-bond acceptors (Lipinski definition) is 5. The maximum absolute atomic E-state index is 12.5. The van der Waals surface area contributed by atoms with Crippen LogP contribution in [0.25, 0.3) is 0 Å². The van der Waals surface area contributed by atoms with E-state index in [1.165, 1.54) is 0 Å². The standard InChI is InChI=1S/C22H30N2O5S/c1-16(2)29-20-12-10-19(11-13-20)24(30(5,26)27)14-22(25)23-18(4)15-28-21-9-7-6-8-17(21)3/h6-13,16,18H,14-15H2,1-5H3,(H,23,25)/t18-/m1/s1. The van der Waals surface area contributed by atoms with Crippen LogP contribution < -0.4 is 19.1 Å². The Balaban J connectivity index is 1.99. The molecule has 2 aromatic carbocycles. The Labute approximate surface area is 179 Å². The Hall–Kier alpha value is -2.74. The van der Waals surface area contributed by atoms with Gasteiger partial charge >= 0.3 is 0 Å². The van der Waals surface area contributed by atoms with Gasteiger partial charge in [-0.1, -0.05) is 18.2 Å². The smallest absolute Gasteiger partial charge is 0.241 e. The van der Waals surface area contributed by atoms with Crippen LogP contribution in [0.1, 0.15) is 26.3 Å². The molecule has 0 unspecified atom stereocenters. The van der Waals surface area contributed by atoms with Gasteiger partial charge in [-0.25, -0.2) is 8.42 Å². The first-order chi connectivity index (χ1) is 14.1. The van der Waals surface area contributed by atoms with Gasteiger partial charge in [-0.15, -0.1) is 0 Å². The average Bonchev–Trinajstić information content (AvgIpc) is 2.65. The molecule has 1 atom stereocenters. The van der Waals surface area contributed by atoms with Gasteiger partial charge in [0.1, 0.15) is 24.7 Å². The fourth-order valence-corrected chi connectivity index (χ4v) is 3.65. The molecule has 0 aliphatic heterocycles. The number of rotatable bonds is 10. The van der Waals surface area contributed by atoms with Gasteiger partial charge in [-0.2, -0.15) is 0 Å². The normalized spacial score (nSPS) is 12.3. The summed E-state index contributed by atoms with van der Waals surface area (Å²) < 4.78 is 36.9. The fraction of sp³-hybridized carbons (Fsp3) is 0.409. The van der Waals surface area contributed by atoms with Crippen molar-refractivity contribution in [3.63, 3.8) is 0 Å². The summed E-state index contributed by atoms with van der Waals surface area (Å²) in [7, 11) is -3.65. The summed E-state index contributed by atoms with van der Waals surface area (Å²) in [5.41, 5.74) is 1.40. The summed E-state index contributed by atoms with van der Waals surface area (Å²) in [5, 5.41) is 2.78. The number of carbonyl (C=O) groups is 1. The molecular weight excluding hydrogens is 404 g/mol. The minimum absolute atomic E-state index is 0.0102. The zero-order valence-corrected chi connectivity index (χ0v) is 18.9. The van der Waals surface area contributed by atoms with Crippen LogP contribution in [0.4, 0.5) is 5.69 Å². The van der Waals surface area contributed by atoms with Crippen molar-refractivity contribution in [3.8, 4) is 11.5 Å². The highest BCUT2D eigenvalue weighted by molar-refractivity contribution is 7.92. The van der Waals surface area contributed by atoms with Crippen LogP contribution in [0, 0.1) is 6.92 Å². The quantitative estimate of drug-likeness (QED) is 0.621. The topological polar surface area (TPSA) is 84.9 Å². The number of hydrogen-bond donors (Lipinski definition) is 1. The third-order valence-corrected chi connectivity index (χ3v) is 5.31. The number of amides is 1. The van der Waals surface area contributed by atoms with E-state index in [-0.39, 0.29) is 25.3 Å². The molecule has 0 aromatic heterocycles. The van der Waals surface area contributed by atoms with Gasteiger partial charge in [0.2, 0.25) is 15.9 Å². The molecule has 2 aromatic rings. The molecule has 0 saturated carbocycles. The molecule has 2 rings (SSSR count). The second-order valence-corrected chi connectivity index (χ2v) is 9.38. The molecule has 164 valence electrons. The Morgan fingerprint density at radius 2 is 1.70 bits per heavy atom. The highest BCUT2D eigenvalue weighted by atomic mass is 32.2. The number of nitrogens with one attached hydrogen (secondary N) is 1. The molecule has 1 N–H and O–H groups in total. The van der Waals surface area contributed by atoms with Crippen molar-refractivity contribution < 1.29 is 22.7 Å². The van der Waals surface area contributed by atoms with Crippen LogP contribution in [-0.4, -0.2) is 45.9 Å². The summed E-state index contributed by atoms with van der Waals surface area (Å²) in [4.78, 5) is 12.5. The zero-order valence-electron chi connectivity index (χ0n) is 18.1. The van der Waals surface area contributed by atoms with E-state index in [0.717, 1.165) is 21.9 Å². The lowest BCUT2D eigenvalue weighted by Gasteiger charge is -2.23. The van der Waals surface area contributed by atoms with E-state index in [0.29, 0.717) is 11.4 Å². The zero-order chi connectivity index (χ0) is 22.3. The second-order valence-electron chi connectivity index (χ2n) is 7.48. The summed E-state index contributed by atoms with van der Waals surface area (Å²) in [5.74, 6) is 0.970. The molecule has 8 heteroatoms. The summed E-state index contributed by atoms with van der Waals surface area (Å²) >= 11 is 0. The fourth-order valence-electron chi connectivity index (χ4n) is 2.79. The van der Waals surface area contributed by atoms with Crippen LogP contribution in [0.15, 0.2) is 48.5 Å². The molecule has 7 nitrogen and oxygen atoms in total. The minimum atomic E-state index is -3.65. The van der Waals surface area contributed by atoms with Crippen molar-refractivity contribution in [2.45, 2.75) is 39.8 Å². The number of benzene rings is 2. The van der Waals surface area contributed by atoms with Crippen LogP contribution in [-0.2, 0) is 14.8 Å². The van der Waals surface area contributed by atoms with Crippen molar-refractivity contribution in [2.75, 3.05) is 23.7 Å². The monoisotopic (exact) mass is 434 g/mol. The third kappa shape index (κ3) is 7.26. The van der Waals surface area contributed by atoms with Crippen molar-refractivity contribution in [1.82, 2.24) is 5.32 Å². The maximum Gasteiger partial charge on any atom is 0.241 e. The van der Waals surface area contributed by atoms with E-state index in [9.17, 15) is 13.2 Å². The number of para-hydroxylation sites is 1. The lowest BCUT2D eigenvalue weighted by molar-refractivity contribution is -0.120. The molecule has 30 heavy (non-hydrogen) atoms. The number of sulfonamides is 1. The predicted octanol–water partition coefficient (Wildman–Crippen LogP) is 3.13. The Bertz CT molecular complexity index is 942. The average molecular weight is 435 g/mol. The van der Waals surface area contributed by atoms with Crippen molar-refractivity contribution in [1.29, 1.82) is 0 Å². The van der Waals surface area contributed by atoms with Crippen LogP contribution >= 0.6 is 0 Å². The lowest BCUT2D eigenvalue weighted by Crippen LogP contribution is -2.44. The van der Waals surface area contributed by atoms with Crippen LogP contribution in [0.5, 0.6) is 11.5 Å². The molecule has 1 amide bonds. The summed E-state index contributed by atoms with van der Waals surface area (Å²) in [6, 6.07) is 13.9. The highest BCUT2D eigenvalue weighted by Gasteiger charge is 2.22. The molecule has 0 saturated heterocycles. The molecule has 0 radical (unpaired) electrons. The number of ether oxygens (including phenoxy) is 2. The third-order valence-electron chi connectivity index (χ3n) is 4.17. The van der Waals surface area contributed by atoms with Crippen LogP contribution in [0.3, 0.4) is 0 Å². The second kappa shape index (κ2) is 10.3. The number of nitrogens with zero attached hydrogens (tertiary/aromatic N) is 1. The van der Waals surface area contributed by atoms with Gasteiger partial charge in [0.05, 0.1) is 24.1 Å². The van der Waals surface area contributed by atoms with Gasteiger partial charge < -0.3 is 14.8 Å². The molecule has 0 spiro atoms. The SMILES string of the molecule is Cc1ccccc1OC[C@@H](C)NC(=O)CN(c1ccc(OC(C)C)cc1)S(C)(=O)=O. The van der Waals surface area contributed by atoms with E-state index in [1.54, 1.807) is 31.2 Å². The van der Waals surface area contributed by atoms with E-state index in [4.69, 9.17) is 9.47 Å². The first-order valence-electron chi connectivity index (χ1n) is 9.78. The first kappa shape index (κ1) is 23.5. The number of aryl methyl sites for hydroxylation is 1. The van der Waals surface area contributed by atoms with Crippen LogP contribution in [0.2, 0.25) is 0 Å². The summed E-state index contributed by atoms with van der Waals surface area (Å²) in [6.45, 7) is 7.52. The van der Waals surface area contributed by atoms with E-state index < -0.39 is 15.9 Å². The molecule has 0 bridgehead atoms.